The number of aryl methyl sites for hydroxylation is 2. The van der Waals surface area contributed by atoms with E-state index in [1.807, 2.05) is 22.1 Å². The van der Waals surface area contributed by atoms with Gasteiger partial charge in [-0.2, -0.15) is 0 Å². The van der Waals surface area contributed by atoms with Crippen LogP contribution in [0, 0.1) is 12.7 Å². The summed E-state index contributed by atoms with van der Waals surface area (Å²) in [6.45, 7) is 4.83. The van der Waals surface area contributed by atoms with Gasteiger partial charge < -0.3 is 13.6 Å². The van der Waals surface area contributed by atoms with Crippen LogP contribution in [0.1, 0.15) is 18.6 Å². The second-order valence-corrected chi connectivity index (χ2v) is 6.68. The Morgan fingerprint density at radius 1 is 1.13 bits per heavy atom. The van der Waals surface area contributed by atoms with Crippen LogP contribution in [0.2, 0.25) is 0 Å². The molecule has 0 bridgehead atoms. The minimum absolute atomic E-state index is 0.203. The molecule has 30 heavy (non-hydrogen) atoms. The topological polar surface area (TPSA) is 100 Å². The van der Waals surface area contributed by atoms with Crippen LogP contribution in [-0.4, -0.2) is 39.3 Å². The van der Waals surface area contributed by atoms with Crippen LogP contribution in [0.15, 0.2) is 47.4 Å². The second-order valence-electron chi connectivity index (χ2n) is 6.68. The Hall–Kier alpha value is -3.95. The first-order valence-corrected chi connectivity index (χ1v) is 9.41. The first kappa shape index (κ1) is 18.1. The number of nitrogens with zero attached hydrogens (tertiary/aromatic N) is 8. The van der Waals surface area contributed by atoms with Crippen LogP contribution in [0.5, 0.6) is 0 Å². The van der Waals surface area contributed by atoms with Gasteiger partial charge in [-0.15, -0.1) is 10.2 Å². The number of halogens is 1. The SMILES string of the molecule is CCn1c(Cn2ccnc2-c2ncccc2F)nc2cc(-c3nnc(C)o3)cnc21. The standard InChI is InChI=1S/C20H17FN8O/c1-3-29-16(11-28-8-7-23-19(28)17-14(21)5-4-6-22-17)25-15-9-13(10-24-18(15)29)20-27-26-12(2)30-20/h4-10H,3,11H2,1-2H3. The molecule has 0 atom stereocenters. The smallest absolute Gasteiger partial charge is 0.249 e. The van der Waals surface area contributed by atoms with Gasteiger partial charge in [-0.3, -0.25) is 0 Å². The number of hydrogen-bond acceptors (Lipinski definition) is 7. The Balaban J connectivity index is 1.56. The van der Waals surface area contributed by atoms with Crippen LogP contribution in [0.25, 0.3) is 34.1 Å². The molecule has 0 saturated carbocycles. The molecule has 0 spiro atoms. The van der Waals surface area contributed by atoms with Crippen molar-refractivity contribution in [3.8, 4) is 23.0 Å². The molecule has 10 heteroatoms. The number of fused-ring (bicyclic) bond motifs is 1. The molecular formula is C20H17FN8O. The van der Waals surface area contributed by atoms with Crippen molar-refractivity contribution in [3.05, 3.63) is 60.5 Å². The van der Waals surface area contributed by atoms with Crippen LogP contribution < -0.4 is 0 Å². The minimum atomic E-state index is -0.421. The molecular weight excluding hydrogens is 387 g/mol. The third-order valence-corrected chi connectivity index (χ3v) is 4.75. The number of imidazole rings is 2. The predicted molar refractivity (Wildman–Crippen MR) is 106 cm³/mol. The van der Waals surface area contributed by atoms with Gasteiger partial charge in [0.15, 0.2) is 17.3 Å². The Labute approximate surface area is 170 Å². The molecule has 9 nitrogen and oxygen atoms in total. The fraction of sp³-hybridized carbons (Fsp3) is 0.200. The summed E-state index contributed by atoms with van der Waals surface area (Å²) in [5.74, 6) is 1.68. The van der Waals surface area contributed by atoms with Crippen molar-refractivity contribution in [2.45, 2.75) is 26.9 Å². The monoisotopic (exact) mass is 404 g/mol. The summed E-state index contributed by atoms with van der Waals surface area (Å²) < 4.78 is 23.5. The van der Waals surface area contributed by atoms with E-state index in [9.17, 15) is 4.39 Å². The van der Waals surface area contributed by atoms with Crippen molar-refractivity contribution in [1.29, 1.82) is 0 Å². The summed E-state index contributed by atoms with van der Waals surface area (Å²) in [7, 11) is 0. The molecule has 0 unspecified atom stereocenters. The van der Waals surface area contributed by atoms with Crippen LogP contribution in [-0.2, 0) is 13.1 Å². The lowest BCUT2D eigenvalue weighted by molar-refractivity contribution is 0.532. The maximum atomic E-state index is 14.2. The van der Waals surface area contributed by atoms with E-state index in [0.29, 0.717) is 41.8 Å². The summed E-state index contributed by atoms with van der Waals surface area (Å²) in [5.41, 5.74) is 2.37. The van der Waals surface area contributed by atoms with Gasteiger partial charge in [0.05, 0.1) is 12.1 Å². The first-order chi connectivity index (χ1) is 14.6. The van der Waals surface area contributed by atoms with Gasteiger partial charge in [0.2, 0.25) is 11.8 Å². The third-order valence-electron chi connectivity index (χ3n) is 4.75. The van der Waals surface area contributed by atoms with E-state index < -0.39 is 5.82 Å². The molecule has 5 aromatic heterocycles. The molecule has 0 aliphatic carbocycles. The molecule has 0 saturated heterocycles. The normalized spacial score (nSPS) is 11.4. The highest BCUT2D eigenvalue weighted by atomic mass is 19.1. The van der Waals surface area contributed by atoms with Gasteiger partial charge >= 0.3 is 0 Å². The average Bonchev–Trinajstić information content (AvgIpc) is 3.46. The predicted octanol–water partition coefficient (Wildman–Crippen LogP) is 3.26. The Bertz CT molecular complexity index is 1350. The van der Waals surface area contributed by atoms with Gasteiger partial charge in [-0.25, -0.2) is 24.3 Å². The van der Waals surface area contributed by atoms with Crippen LogP contribution >= 0.6 is 0 Å². The van der Waals surface area contributed by atoms with E-state index >= 15 is 0 Å². The zero-order valence-corrected chi connectivity index (χ0v) is 16.3. The minimum Gasteiger partial charge on any atom is -0.421 e. The lowest BCUT2D eigenvalue weighted by Gasteiger charge is -2.09. The lowest BCUT2D eigenvalue weighted by atomic mass is 10.3. The van der Waals surface area contributed by atoms with E-state index in [-0.39, 0.29) is 5.69 Å². The highest BCUT2D eigenvalue weighted by Crippen LogP contribution is 2.24. The molecule has 0 amide bonds. The first-order valence-electron chi connectivity index (χ1n) is 9.41. The fourth-order valence-electron chi connectivity index (χ4n) is 3.40. The van der Waals surface area contributed by atoms with E-state index in [2.05, 4.69) is 25.1 Å². The Kier molecular flexibility index (Phi) is 4.31. The fourth-order valence-corrected chi connectivity index (χ4v) is 3.40. The summed E-state index contributed by atoms with van der Waals surface area (Å²) in [6.07, 6.45) is 6.64. The summed E-state index contributed by atoms with van der Waals surface area (Å²) in [6, 6.07) is 4.79. The molecule has 0 aromatic carbocycles. The zero-order valence-electron chi connectivity index (χ0n) is 16.3. The van der Waals surface area contributed by atoms with Gasteiger partial charge in [0, 0.05) is 38.3 Å². The molecule has 0 N–H and O–H groups in total. The molecule has 150 valence electrons. The molecule has 0 fully saturated rings. The van der Waals surface area contributed by atoms with Gasteiger partial charge in [0.25, 0.3) is 0 Å². The molecule has 0 aliphatic heterocycles. The van der Waals surface area contributed by atoms with E-state index in [0.717, 1.165) is 11.5 Å². The molecule has 0 aliphatic rings. The van der Waals surface area contributed by atoms with Crippen molar-refractivity contribution in [2.24, 2.45) is 0 Å². The van der Waals surface area contributed by atoms with Crippen LogP contribution in [0.4, 0.5) is 4.39 Å². The largest absolute Gasteiger partial charge is 0.421 e. The van der Waals surface area contributed by atoms with Gasteiger partial charge in [-0.1, -0.05) is 0 Å². The molecule has 5 aromatic rings. The van der Waals surface area contributed by atoms with Crippen LogP contribution in [0.3, 0.4) is 0 Å². The number of rotatable bonds is 5. The number of hydrogen-bond donors (Lipinski definition) is 0. The zero-order chi connectivity index (χ0) is 20.7. The van der Waals surface area contributed by atoms with Gasteiger partial charge in [-0.05, 0) is 25.1 Å². The maximum absolute atomic E-state index is 14.2. The highest BCUT2D eigenvalue weighted by Gasteiger charge is 2.17. The maximum Gasteiger partial charge on any atom is 0.249 e. The van der Waals surface area contributed by atoms with Crippen molar-refractivity contribution in [3.63, 3.8) is 0 Å². The Morgan fingerprint density at radius 2 is 2.03 bits per heavy atom. The average molecular weight is 404 g/mol. The number of pyridine rings is 2. The molecule has 0 radical (unpaired) electrons. The van der Waals surface area contributed by atoms with Crippen molar-refractivity contribution in [1.82, 2.24) is 39.3 Å². The Morgan fingerprint density at radius 3 is 2.80 bits per heavy atom. The molecule has 5 rings (SSSR count). The quantitative estimate of drug-likeness (QED) is 0.443. The van der Waals surface area contributed by atoms with Crippen molar-refractivity contribution in [2.75, 3.05) is 0 Å². The van der Waals surface area contributed by atoms with Crippen molar-refractivity contribution >= 4 is 11.2 Å². The van der Waals surface area contributed by atoms with Crippen molar-refractivity contribution < 1.29 is 8.81 Å². The second kappa shape index (κ2) is 7.14. The number of aromatic nitrogens is 8. The van der Waals surface area contributed by atoms with E-state index in [1.165, 1.54) is 6.07 Å². The summed E-state index contributed by atoms with van der Waals surface area (Å²) >= 11 is 0. The lowest BCUT2D eigenvalue weighted by Crippen LogP contribution is -2.09. The van der Waals surface area contributed by atoms with E-state index in [1.54, 1.807) is 37.8 Å². The highest BCUT2D eigenvalue weighted by molar-refractivity contribution is 5.76. The summed E-state index contributed by atoms with van der Waals surface area (Å²) in [4.78, 5) is 17.7. The third kappa shape index (κ3) is 3.02. The molecule has 5 heterocycles. The van der Waals surface area contributed by atoms with E-state index in [4.69, 9.17) is 9.40 Å². The summed E-state index contributed by atoms with van der Waals surface area (Å²) in [5, 5.41) is 7.90. The van der Waals surface area contributed by atoms with Gasteiger partial charge in [0.1, 0.15) is 17.0 Å².